The third-order valence-electron chi connectivity index (χ3n) is 4.44. The third kappa shape index (κ3) is 4.91. The molecule has 1 N–H and O–H groups in total. The summed E-state index contributed by atoms with van der Waals surface area (Å²) in [5.74, 6) is -0.470. The number of rotatable bonds is 4. The van der Waals surface area contributed by atoms with Crippen LogP contribution in [0.2, 0.25) is 5.02 Å². The van der Waals surface area contributed by atoms with Gasteiger partial charge in [0.1, 0.15) is 12.4 Å². The minimum atomic E-state index is -0.456. The van der Waals surface area contributed by atoms with Crippen molar-refractivity contribution in [2.75, 3.05) is 26.2 Å². The van der Waals surface area contributed by atoms with Crippen LogP contribution in [-0.4, -0.2) is 37.0 Å². The Hall–Kier alpha value is -2.17. The minimum Gasteiger partial charge on any atom is -0.328 e. The Bertz CT molecular complexity index is 756. The molecule has 2 aromatic rings. The molecule has 0 saturated carbocycles. The van der Waals surface area contributed by atoms with Crippen molar-refractivity contribution in [3.05, 3.63) is 76.6 Å². The van der Waals surface area contributed by atoms with Crippen molar-refractivity contribution in [1.82, 2.24) is 4.90 Å². The molecular formula is C20H21ClFN2O+. The lowest BCUT2D eigenvalue weighted by molar-refractivity contribution is -0.917. The smallest absolute Gasteiger partial charge is 0.246 e. The Morgan fingerprint density at radius 1 is 1.16 bits per heavy atom. The van der Waals surface area contributed by atoms with Crippen LogP contribution in [0.15, 0.2) is 54.6 Å². The number of carbonyl (C=O) groups excluding carboxylic acids is 1. The van der Waals surface area contributed by atoms with Gasteiger partial charge in [-0.05, 0) is 23.8 Å². The summed E-state index contributed by atoms with van der Waals surface area (Å²) in [5, 5.41) is 0.0627. The molecule has 1 fully saturated rings. The second-order valence-corrected chi connectivity index (χ2v) is 6.65. The summed E-state index contributed by atoms with van der Waals surface area (Å²) >= 11 is 5.75. The van der Waals surface area contributed by atoms with Gasteiger partial charge >= 0.3 is 0 Å². The zero-order chi connectivity index (χ0) is 17.6. The Labute approximate surface area is 152 Å². The van der Waals surface area contributed by atoms with Gasteiger partial charge in [-0.25, -0.2) is 4.39 Å². The van der Waals surface area contributed by atoms with Crippen LogP contribution in [0.1, 0.15) is 11.1 Å². The second kappa shape index (κ2) is 8.28. The summed E-state index contributed by atoms with van der Waals surface area (Å²) in [4.78, 5) is 15.7. The lowest BCUT2D eigenvalue weighted by Crippen LogP contribution is -3.13. The Morgan fingerprint density at radius 2 is 1.88 bits per heavy atom. The number of carbonyl (C=O) groups is 1. The molecule has 1 heterocycles. The number of amides is 1. The number of benzene rings is 2. The van der Waals surface area contributed by atoms with Crippen LogP contribution in [0.3, 0.4) is 0 Å². The largest absolute Gasteiger partial charge is 0.328 e. The van der Waals surface area contributed by atoms with Crippen LogP contribution in [0, 0.1) is 5.82 Å². The Balaban J connectivity index is 1.51. The summed E-state index contributed by atoms with van der Waals surface area (Å²) in [6.07, 6.45) is 3.21. The summed E-state index contributed by atoms with van der Waals surface area (Å²) in [6.45, 7) is 4.37. The third-order valence-corrected chi connectivity index (χ3v) is 4.73. The normalized spacial score (nSPS) is 15.7. The average Bonchev–Trinajstić information content (AvgIpc) is 2.64. The molecule has 0 unspecified atom stereocenters. The van der Waals surface area contributed by atoms with Crippen LogP contribution in [-0.2, 0) is 11.3 Å². The van der Waals surface area contributed by atoms with Gasteiger partial charge in [-0.2, -0.15) is 0 Å². The molecule has 0 spiro atoms. The van der Waals surface area contributed by atoms with E-state index < -0.39 is 5.82 Å². The van der Waals surface area contributed by atoms with Crippen molar-refractivity contribution in [2.45, 2.75) is 6.54 Å². The second-order valence-electron chi connectivity index (χ2n) is 6.24. The fourth-order valence-corrected chi connectivity index (χ4v) is 3.18. The van der Waals surface area contributed by atoms with Gasteiger partial charge in [0, 0.05) is 11.6 Å². The quantitative estimate of drug-likeness (QED) is 0.833. The Morgan fingerprint density at radius 3 is 2.56 bits per heavy atom. The van der Waals surface area contributed by atoms with Gasteiger partial charge in [0.2, 0.25) is 5.91 Å². The summed E-state index contributed by atoms with van der Waals surface area (Å²) in [6, 6.07) is 14.8. The highest BCUT2D eigenvalue weighted by molar-refractivity contribution is 6.30. The number of nitrogens with one attached hydrogen (secondary N) is 1. The van der Waals surface area contributed by atoms with Crippen molar-refractivity contribution >= 4 is 23.6 Å². The highest BCUT2D eigenvalue weighted by atomic mass is 35.5. The molecule has 0 aromatic heterocycles. The van der Waals surface area contributed by atoms with E-state index in [0.29, 0.717) is 5.56 Å². The molecular weight excluding hydrogens is 339 g/mol. The van der Waals surface area contributed by atoms with E-state index in [4.69, 9.17) is 11.6 Å². The molecule has 130 valence electrons. The maximum atomic E-state index is 13.1. The predicted octanol–water partition coefficient (Wildman–Crippen LogP) is 2.42. The van der Waals surface area contributed by atoms with Crippen LogP contribution in [0.25, 0.3) is 6.08 Å². The molecule has 0 atom stereocenters. The molecule has 1 saturated heterocycles. The van der Waals surface area contributed by atoms with Gasteiger partial charge in [-0.3, -0.25) is 4.79 Å². The molecule has 0 radical (unpaired) electrons. The molecule has 5 heteroatoms. The zero-order valence-corrected chi connectivity index (χ0v) is 14.7. The number of hydrogen-bond donors (Lipinski definition) is 1. The number of quaternary nitrogens is 1. The summed E-state index contributed by atoms with van der Waals surface area (Å²) < 4.78 is 13.1. The van der Waals surface area contributed by atoms with Crippen LogP contribution in [0.5, 0.6) is 0 Å². The molecule has 3 nitrogen and oxygen atoms in total. The van der Waals surface area contributed by atoms with Gasteiger partial charge in [-0.15, -0.1) is 0 Å². The summed E-state index contributed by atoms with van der Waals surface area (Å²) in [7, 11) is 0. The molecule has 3 rings (SSSR count). The SMILES string of the molecule is O=C(/C=C/c1ccc(F)c(Cl)c1)N1CC[NH+](Cc2ccccc2)CC1. The van der Waals surface area contributed by atoms with Crippen molar-refractivity contribution in [1.29, 1.82) is 0 Å². The maximum Gasteiger partial charge on any atom is 0.246 e. The van der Waals surface area contributed by atoms with Crippen LogP contribution < -0.4 is 4.90 Å². The number of piperazine rings is 1. The number of halogens is 2. The predicted molar refractivity (Wildman–Crippen MR) is 97.9 cm³/mol. The first kappa shape index (κ1) is 17.6. The van der Waals surface area contributed by atoms with Gasteiger partial charge in [-0.1, -0.05) is 48.0 Å². The van der Waals surface area contributed by atoms with Crippen LogP contribution >= 0.6 is 11.6 Å². The van der Waals surface area contributed by atoms with E-state index >= 15 is 0 Å². The number of nitrogens with zero attached hydrogens (tertiary/aromatic N) is 1. The first-order valence-corrected chi connectivity index (χ1v) is 8.79. The molecule has 0 bridgehead atoms. The van der Waals surface area contributed by atoms with Crippen LogP contribution in [0.4, 0.5) is 4.39 Å². The van der Waals surface area contributed by atoms with Crippen molar-refractivity contribution < 1.29 is 14.1 Å². The average molecular weight is 360 g/mol. The first-order chi connectivity index (χ1) is 12.1. The van der Waals surface area contributed by atoms with E-state index in [1.807, 2.05) is 11.0 Å². The van der Waals surface area contributed by atoms with E-state index in [1.165, 1.54) is 28.7 Å². The lowest BCUT2D eigenvalue weighted by Gasteiger charge is -2.31. The minimum absolute atomic E-state index is 0.0146. The molecule has 1 amide bonds. The van der Waals surface area contributed by atoms with Crippen molar-refractivity contribution in [2.24, 2.45) is 0 Å². The van der Waals surface area contributed by atoms with E-state index in [9.17, 15) is 9.18 Å². The fourth-order valence-electron chi connectivity index (χ4n) is 2.99. The van der Waals surface area contributed by atoms with E-state index in [0.717, 1.165) is 32.7 Å². The molecule has 1 aliphatic heterocycles. The monoisotopic (exact) mass is 359 g/mol. The Kier molecular flexibility index (Phi) is 5.84. The summed E-state index contributed by atoms with van der Waals surface area (Å²) in [5.41, 5.74) is 2.04. The first-order valence-electron chi connectivity index (χ1n) is 8.41. The maximum absolute atomic E-state index is 13.1. The van der Waals surface area contributed by atoms with Gasteiger partial charge in [0.05, 0.1) is 31.2 Å². The highest BCUT2D eigenvalue weighted by Gasteiger charge is 2.22. The van der Waals surface area contributed by atoms with Crippen molar-refractivity contribution in [3.8, 4) is 0 Å². The van der Waals surface area contributed by atoms with Crippen molar-refractivity contribution in [3.63, 3.8) is 0 Å². The molecule has 0 aliphatic carbocycles. The molecule has 2 aromatic carbocycles. The lowest BCUT2D eigenvalue weighted by atomic mass is 10.2. The topological polar surface area (TPSA) is 24.8 Å². The fraction of sp³-hybridized carbons (Fsp3) is 0.250. The van der Waals surface area contributed by atoms with Gasteiger partial charge in [0.25, 0.3) is 0 Å². The standard InChI is InChI=1S/C20H20ClFN2O/c21-18-14-16(6-8-19(18)22)7-9-20(25)24-12-10-23(11-13-24)15-17-4-2-1-3-5-17/h1-9,14H,10-13,15H2/p+1/b9-7+. The van der Waals surface area contributed by atoms with Gasteiger partial charge in [0.15, 0.2) is 0 Å². The van der Waals surface area contributed by atoms with E-state index in [2.05, 4.69) is 24.3 Å². The van der Waals surface area contributed by atoms with Gasteiger partial charge < -0.3 is 9.80 Å². The number of hydrogen-bond acceptors (Lipinski definition) is 1. The zero-order valence-electron chi connectivity index (χ0n) is 13.9. The molecule has 25 heavy (non-hydrogen) atoms. The molecule has 1 aliphatic rings. The van der Waals surface area contributed by atoms with E-state index in [-0.39, 0.29) is 10.9 Å². The van der Waals surface area contributed by atoms with E-state index in [1.54, 1.807) is 12.1 Å². The highest BCUT2D eigenvalue weighted by Crippen LogP contribution is 2.16.